The molecule has 0 N–H and O–H groups in total. The van der Waals surface area contributed by atoms with Crippen molar-refractivity contribution in [3.05, 3.63) is 193 Å². The first kappa shape index (κ1) is 43.5. The Morgan fingerprint density at radius 3 is 1.92 bits per heavy atom. The van der Waals surface area contributed by atoms with Crippen LogP contribution in [-0.2, 0) is 20.1 Å². The van der Waals surface area contributed by atoms with Crippen LogP contribution < -0.4 is 5.19 Å². The van der Waals surface area contributed by atoms with E-state index in [1.54, 1.807) is 6.20 Å². The molecule has 6 heteroatoms. The maximum Gasteiger partial charge on any atom is 0.121 e. The first-order chi connectivity index (χ1) is 30.0. The molecule has 3 aromatic heterocycles. The topological polar surface area (TPSA) is 43.9 Å². The predicted octanol–water partition coefficient (Wildman–Crippen LogP) is 15.1. The number of pyridine rings is 1. The number of hydrogen-bond donors (Lipinski definition) is 0. The van der Waals surface area contributed by atoms with Crippen molar-refractivity contribution in [3.8, 4) is 50.6 Å². The van der Waals surface area contributed by atoms with Gasteiger partial charge in [-0.2, -0.15) is 0 Å². The molecule has 63 heavy (non-hydrogen) atoms. The Balaban J connectivity index is 0.000000361. The third-order valence-corrected chi connectivity index (χ3v) is 13.8. The molecule has 7 aromatic carbocycles. The number of furan rings is 1. The summed E-state index contributed by atoms with van der Waals surface area (Å²) in [6, 6.07) is 64.1. The molecule has 0 bridgehead atoms. The Kier molecular flexibility index (Phi) is 12.6. The molecule has 315 valence electrons. The molecule has 0 saturated heterocycles. The second-order valence-corrected chi connectivity index (χ2v) is 22.7. The molecule has 0 saturated carbocycles. The van der Waals surface area contributed by atoms with Crippen molar-refractivity contribution in [1.29, 1.82) is 0 Å². The summed E-state index contributed by atoms with van der Waals surface area (Å²) in [5.41, 5.74) is 15.2. The Morgan fingerprint density at radius 2 is 1.25 bits per heavy atom. The van der Waals surface area contributed by atoms with Crippen molar-refractivity contribution in [3.63, 3.8) is 0 Å². The van der Waals surface area contributed by atoms with Gasteiger partial charge < -0.3 is 14.0 Å². The average Bonchev–Trinajstić information content (AvgIpc) is 3.88. The molecule has 0 aliphatic heterocycles. The van der Waals surface area contributed by atoms with E-state index in [-0.39, 0.29) is 31.9 Å². The number of para-hydroxylation sites is 2. The van der Waals surface area contributed by atoms with Gasteiger partial charge in [0, 0.05) is 37.4 Å². The quantitative estimate of drug-likeness (QED) is 0.113. The molecule has 0 aliphatic rings. The number of nitrogens with zero attached hydrogens (tertiary/aromatic N) is 3. The summed E-state index contributed by atoms with van der Waals surface area (Å²) in [6.45, 7) is 16.4. The third-order valence-electron chi connectivity index (χ3n) is 11.7. The minimum absolute atomic E-state index is 0. The van der Waals surface area contributed by atoms with Crippen molar-refractivity contribution < 1.29 is 24.5 Å². The van der Waals surface area contributed by atoms with Gasteiger partial charge in [-0.25, -0.2) is 0 Å². The monoisotopic (exact) mass is 1010 g/mol. The van der Waals surface area contributed by atoms with Crippen LogP contribution in [0.2, 0.25) is 19.6 Å². The molecule has 10 aromatic rings. The summed E-state index contributed by atoms with van der Waals surface area (Å²) in [5, 5.41) is 3.64. The first-order valence-electron chi connectivity index (χ1n) is 21.6. The second-order valence-electron chi connectivity index (χ2n) is 17.7. The molecular weight excluding hydrogens is 963 g/mol. The number of rotatable bonds is 8. The molecule has 0 aliphatic carbocycles. The zero-order valence-electron chi connectivity index (χ0n) is 36.9. The van der Waals surface area contributed by atoms with Crippen LogP contribution >= 0.6 is 0 Å². The van der Waals surface area contributed by atoms with E-state index in [9.17, 15) is 0 Å². The van der Waals surface area contributed by atoms with Crippen molar-refractivity contribution in [2.45, 2.75) is 59.2 Å². The van der Waals surface area contributed by atoms with Gasteiger partial charge in [0.25, 0.3) is 0 Å². The molecule has 1 radical (unpaired) electrons. The predicted molar refractivity (Wildman–Crippen MR) is 263 cm³/mol. The van der Waals surface area contributed by atoms with E-state index in [1.807, 2.05) is 54.6 Å². The zero-order chi connectivity index (χ0) is 43.0. The molecular formula is C57H51IrN3OSi-2. The van der Waals surface area contributed by atoms with Crippen LogP contribution in [0.5, 0.6) is 0 Å². The molecule has 0 atom stereocenters. The van der Waals surface area contributed by atoms with Crippen molar-refractivity contribution in [2.75, 3.05) is 0 Å². The number of fused-ring (bicyclic) bond motifs is 4. The molecule has 0 spiro atoms. The maximum absolute atomic E-state index is 6.77. The molecule has 0 fully saturated rings. The number of imidazole rings is 1. The fourth-order valence-electron chi connectivity index (χ4n) is 8.36. The van der Waals surface area contributed by atoms with Crippen molar-refractivity contribution >= 4 is 46.2 Å². The average molecular weight is 1010 g/mol. The Bertz CT molecular complexity index is 3080. The molecule has 10 rings (SSSR count). The van der Waals surface area contributed by atoms with Gasteiger partial charge in [-0.05, 0) is 87.3 Å². The van der Waals surface area contributed by atoms with E-state index in [4.69, 9.17) is 9.40 Å². The molecule has 4 nitrogen and oxygen atoms in total. The van der Waals surface area contributed by atoms with Gasteiger partial charge in [-0.15, -0.1) is 54.1 Å². The number of benzene rings is 7. The Morgan fingerprint density at radius 1 is 0.587 bits per heavy atom. The maximum atomic E-state index is 6.77. The normalized spacial score (nSPS) is 11.6. The van der Waals surface area contributed by atoms with Crippen molar-refractivity contribution in [1.82, 2.24) is 14.5 Å². The first-order valence-corrected chi connectivity index (χ1v) is 25.1. The summed E-state index contributed by atoms with van der Waals surface area (Å²) in [6.07, 6.45) is 1.79. The third kappa shape index (κ3) is 8.77. The summed E-state index contributed by atoms with van der Waals surface area (Å²) in [4.78, 5) is 9.55. The van der Waals surface area contributed by atoms with Crippen LogP contribution in [0.15, 0.2) is 174 Å². The van der Waals surface area contributed by atoms with Gasteiger partial charge >= 0.3 is 0 Å². The fraction of sp³-hybridized carbons (Fsp3) is 0.158. The summed E-state index contributed by atoms with van der Waals surface area (Å²) in [5.74, 6) is 1.40. The fourth-order valence-corrected chi connectivity index (χ4v) is 9.53. The van der Waals surface area contributed by atoms with Gasteiger partial charge in [0.15, 0.2) is 0 Å². The van der Waals surface area contributed by atoms with E-state index in [1.165, 1.54) is 38.7 Å². The second kappa shape index (κ2) is 18.3. The summed E-state index contributed by atoms with van der Waals surface area (Å²) < 4.78 is 9.15. The van der Waals surface area contributed by atoms with E-state index in [0.29, 0.717) is 0 Å². The van der Waals surface area contributed by atoms with Gasteiger partial charge in [0.1, 0.15) is 5.58 Å². The van der Waals surface area contributed by atoms with Crippen LogP contribution in [0.3, 0.4) is 0 Å². The SMILES string of the molecule is CC(C)c1cc(-c2ccc([Si](C)(C)C)cc2)cc(C(C)C)c1-n1c(-c2[c-]ccc3c2oc2cc(-c4ccccc4)ccc23)nc2ccccc21.[Ir].[c-]1ccccc1-c1ccccn1. The largest absolute Gasteiger partial charge is 0.501 e. The Hall–Kier alpha value is -6.17. The Labute approximate surface area is 386 Å². The van der Waals surface area contributed by atoms with Crippen LogP contribution in [0.4, 0.5) is 0 Å². The molecule has 0 amide bonds. The van der Waals surface area contributed by atoms with E-state index < -0.39 is 8.07 Å². The summed E-state index contributed by atoms with van der Waals surface area (Å²) >= 11 is 0. The van der Waals surface area contributed by atoms with Gasteiger partial charge in [0.05, 0.1) is 30.5 Å². The van der Waals surface area contributed by atoms with Crippen molar-refractivity contribution in [2.24, 2.45) is 0 Å². The van der Waals surface area contributed by atoms with E-state index in [0.717, 1.165) is 61.2 Å². The van der Waals surface area contributed by atoms with Gasteiger partial charge in [-0.1, -0.05) is 154 Å². The minimum atomic E-state index is -1.40. The van der Waals surface area contributed by atoms with Gasteiger partial charge in [-0.3, -0.25) is 4.98 Å². The molecule has 0 unspecified atom stereocenters. The van der Waals surface area contributed by atoms with E-state index >= 15 is 0 Å². The smallest absolute Gasteiger partial charge is 0.121 e. The number of hydrogen-bond acceptors (Lipinski definition) is 3. The van der Waals surface area contributed by atoms with Crippen LogP contribution in [0, 0.1) is 12.1 Å². The molecule has 3 heterocycles. The van der Waals surface area contributed by atoms with Crippen LogP contribution in [-0.4, -0.2) is 22.6 Å². The summed E-state index contributed by atoms with van der Waals surface area (Å²) in [7, 11) is -1.40. The zero-order valence-corrected chi connectivity index (χ0v) is 40.3. The van der Waals surface area contributed by atoms with E-state index in [2.05, 4.69) is 178 Å². The minimum Gasteiger partial charge on any atom is -0.501 e. The van der Waals surface area contributed by atoms with Gasteiger partial charge in [0.2, 0.25) is 0 Å². The number of aromatic nitrogens is 3. The standard InChI is InChI=1S/C46H43N2OSi.C11H8N.Ir/c1-29(2)39-26-34(32-20-23-35(24-21-32)50(5,6)7)27-40(30(3)4)44(39)48-42-19-12-11-18-41(42)47-46(48)38-17-13-16-37-36-25-22-33(28-43(36)49-45(37)38)31-14-9-8-10-15-31;1-2-6-10(7-3-1)11-8-4-5-9-12-11;/h8-16,18-30H,1-7H3;1-6,8-9H;/q2*-1;. The van der Waals surface area contributed by atoms with Crippen LogP contribution in [0.25, 0.3) is 83.6 Å². The van der Waals surface area contributed by atoms with Crippen LogP contribution in [0.1, 0.15) is 50.7 Å².